The van der Waals surface area contributed by atoms with Crippen LogP contribution in [0.5, 0.6) is 0 Å². The molecule has 3 N–H and O–H groups in total. The van der Waals surface area contributed by atoms with Gasteiger partial charge in [0.05, 0.1) is 11.5 Å². The summed E-state index contributed by atoms with van der Waals surface area (Å²) in [6.07, 6.45) is -0.118. The molecule has 1 aliphatic heterocycles. The Hall–Kier alpha value is -3.10. The third-order valence-electron chi connectivity index (χ3n) is 4.82. The number of fused-ring (bicyclic) bond motifs is 1. The van der Waals surface area contributed by atoms with E-state index in [-0.39, 0.29) is 23.7 Å². The molecule has 0 aliphatic carbocycles. The van der Waals surface area contributed by atoms with Crippen molar-refractivity contribution in [1.29, 1.82) is 0 Å². The number of carbonyl (C=O) groups excluding carboxylic acids is 2. The summed E-state index contributed by atoms with van der Waals surface area (Å²) in [4.78, 5) is 45.0. The lowest BCUT2D eigenvalue weighted by Crippen LogP contribution is -2.36. The third-order valence-corrected chi connectivity index (χ3v) is 6.02. The highest BCUT2D eigenvalue weighted by Crippen LogP contribution is 2.31. The van der Waals surface area contributed by atoms with E-state index in [0.717, 1.165) is 11.1 Å². The minimum atomic E-state index is -0.921. The summed E-state index contributed by atoms with van der Waals surface area (Å²) in [6.45, 7) is 1.91. The van der Waals surface area contributed by atoms with Gasteiger partial charge in [-0.3, -0.25) is 14.4 Å². The van der Waals surface area contributed by atoms with Crippen molar-refractivity contribution in [2.45, 2.75) is 30.2 Å². The number of anilines is 2. The molecule has 0 spiro atoms. The topological polar surface area (TPSA) is 104 Å². The summed E-state index contributed by atoms with van der Waals surface area (Å²) >= 11 is 7.22. The molecule has 1 aliphatic rings. The fourth-order valence-corrected chi connectivity index (χ4v) is 4.27. The SMILES string of the molecule is Cc1cccc(NC(=O)[C@H]2CC(=O)Nc3nc(SCc4ccc(Cl)cc4)[nH]c(=O)c32)c1. The second-order valence-electron chi connectivity index (χ2n) is 7.21. The number of aromatic nitrogens is 2. The highest BCUT2D eigenvalue weighted by atomic mass is 35.5. The Bertz CT molecular complexity index is 1210. The zero-order chi connectivity index (χ0) is 22.0. The van der Waals surface area contributed by atoms with Gasteiger partial charge in [-0.25, -0.2) is 4.98 Å². The molecule has 31 heavy (non-hydrogen) atoms. The van der Waals surface area contributed by atoms with Crippen molar-refractivity contribution in [1.82, 2.24) is 9.97 Å². The van der Waals surface area contributed by atoms with Crippen LogP contribution in [0, 0.1) is 6.92 Å². The van der Waals surface area contributed by atoms with Crippen LogP contribution in [0.3, 0.4) is 0 Å². The fraction of sp³-hybridized carbons (Fsp3) is 0.182. The Morgan fingerprint density at radius 3 is 2.74 bits per heavy atom. The van der Waals surface area contributed by atoms with Gasteiger partial charge in [0.25, 0.3) is 5.56 Å². The van der Waals surface area contributed by atoms with Gasteiger partial charge in [-0.1, -0.05) is 47.6 Å². The van der Waals surface area contributed by atoms with Gasteiger partial charge in [0, 0.05) is 22.9 Å². The number of thioether (sulfide) groups is 1. The van der Waals surface area contributed by atoms with Crippen LogP contribution in [0.15, 0.2) is 58.5 Å². The molecular weight excluding hydrogens is 436 g/mol. The molecule has 0 radical (unpaired) electrons. The lowest BCUT2D eigenvalue weighted by molar-refractivity contribution is -0.123. The number of nitrogens with one attached hydrogen (secondary N) is 3. The van der Waals surface area contributed by atoms with Gasteiger partial charge in [-0.05, 0) is 42.3 Å². The second-order valence-corrected chi connectivity index (χ2v) is 8.61. The van der Waals surface area contributed by atoms with Crippen LogP contribution in [0.1, 0.15) is 29.0 Å². The molecule has 0 saturated carbocycles. The van der Waals surface area contributed by atoms with Gasteiger partial charge < -0.3 is 15.6 Å². The molecule has 0 saturated heterocycles. The molecule has 0 fully saturated rings. The van der Waals surface area contributed by atoms with Crippen LogP contribution in [-0.2, 0) is 15.3 Å². The number of amides is 2. The highest BCUT2D eigenvalue weighted by molar-refractivity contribution is 7.98. The lowest BCUT2D eigenvalue weighted by Gasteiger charge is -2.23. The van der Waals surface area contributed by atoms with Crippen molar-refractivity contribution < 1.29 is 9.59 Å². The zero-order valence-corrected chi connectivity index (χ0v) is 18.1. The molecule has 158 valence electrons. The van der Waals surface area contributed by atoms with E-state index >= 15 is 0 Å². The minimum Gasteiger partial charge on any atom is -0.326 e. The van der Waals surface area contributed by atoms with E-state index in [4.69, 9.17) is 11.6 Å². The van der Waals surface area contributed by atoms with Gasteiger partial charge in [0.1, 0.15) is 5.82 Å². The Morgan fingerprint density at radius 1 is 1.23 bits per heavy atom. The molecule has 9 heteroatoms. The third kappa shape index (κ3) is 4.98. The first-order valence-corrected chi connectivity index (χ1v) is 10.9. The molecular formula is C22H19ClN4O3S. The van der Waals surface area contributed by atoms with Gasteiger partial charge in [-0.15, -0.1) is 0 Å². The van der Waals surface area contributed by atoms with Crippen LogP contribution >= 0.6 is 23.4 Å². The van der Waals surface area contributed by atoms with Crippen LogP contribution < -0.4 is 16.2 Å². The minimum absolute atomic E-state index is 0.118. The predicted molar refractivity (Wildman–Crippen MR) is 122 cm³/mol. The van der Waals surface area contributed by atoms with E-state index in [1.165, 1.54) is 11.8 Å². The molecule has 0 bridgehead atoms. The lowest BCUT2D eigenvalue weighted by atomic mass is 9.92. The highest BCUT2D eigenvalue weighted by Gasteiger charge is 2.34. The van der Waals surface area contributed by atoms with E-state index in [0.29, 0.717) is 21.6 Å². The van der Waals surface area contributed by atoms with E-state index < -0.39 is 17.4 Å². The number of rotatable bonds is 5. The van der Waals surface area contributed by atoms with E-state index in [9.17, 15) is 14.4 Å². The van der Waals surface area contributed by atoms with Crippen molar-refractivity contribution in [2.24, 2.45) is 0 Å². The number of nitrogens with zero attached hydrogens (tertiary/aromatic N) is 1. The van der Waals surface area contributed by atoms with Crippen molar-refractivity contribution in [3.63, 3.8) is 0 Å². The Morgan fingerprint density at radius 2 is 2.00 bits per heavy atom. The van der Waals surface area contributed by atoms with Gasteiger partial charge in [0.15, 0.2) is 5.16 Å². The number of halogens is 1. The summed E-state index contributed by atoms with van der Waals surface area (Å²) in [6, 6.07) is 14.7. The number of hydrogen-bond donors (Lipinski definition) is 3. The molecule has 1 aromatic heterocycles. The number of benzene rings is 2. The molecule has 7 nitrogen and oxygen atoms in total. The Labute approximate surface area is 187 Å². The maximum atomic E-state index is 12.9. The van der Waals surface area contributed by atoms with E-state index in [1.807, 2.05) is 37.3 Å². The van der Waals surface area contributed by atoms with E-state index in [2.05, 4.69) is 20.6 Å². The smallest absolute Gasteiger partial charge is 0.257 e. The number of aryl methyl sites for hydroxylation is 1. The molecule has 0 unspecified atom stereocenters. The monoisotopic (exact) mass is 454 g/mol. The van der Waals surface area contributed by atoms with E-state index in [1.54, 1.807) is 18.2 Å². The Kier molecular flexibility index (Phi) is 6.11. The average molecular weight is 455 g/mol. The number of aromatic amines is 1. The zero-order valence-electron chi connectivity index (χ0n) is 16.6. The molecule has 2 heterocycles. The number of H-pyrrole nitrogens is 1. The fourth-order valence-electron chi connectivity index (χ4n) is 3.33. The van der Waals surface area contributed by atoms with Crippen LogP contribution in [0.25, 0.3) is 0 Å². The number of carbonyl (C=O) groups is 2. The predicted octanol–water partition coefficient (Wildman–Crippen LogP) is 4.09. The summed E-state index contributed by atoms with van der Waals surface area (Å²) in [5, 5.41) is 6.42. The van der Waals surface area contributed by atoms with Crippen LogP contribution in [-0.4, -0.2) is 21.8 Å². The summed E-state index contributed by atoms with van der Waals surface area (Å²) in [5.41, 5.74) is 2.33. The summed E-state index contributed by atoms with van der Waals surface area (Å²) in [7, 11) is 0. The normalized spacial score (nSPS) is 15.2. The summed E-state index contributed by atoms with van der Waals surface area (Å²) in [5.74, 6) is -1.01. The van der Waals surface area contributed by atoms with Crippen molar-refractivity contribution in [3.8, 4) is 0 Å². The van der Waals surface area contributed by atoms with Gasteiger partial charge >= 0.3 is 0 Å². The Balaban J connectivity index is 1.57. The molecule has 3 aromatic rings. The van der Waals surface area contributed by atoms with Gasteiger partial charge in [-0.2, -0.15) is 0 Å². The van der Waals surface area contributed by atoms with Crippen molar-refractivity contribution in [2.75, 3.05) is 10.6 Å². The molecule has 4 rings (SSSR count). The first-order valence-electron chi connectivity index (χ1n) is 9.58. The molecule has 2 amide bonds. The van der Waals surface area contributed by atoms with Crippen LogP contribution in [0.2, 0.25) is 5.02 Å². The maximum absolute atomic E-state index is 12.9. The quantitative estimate of drug-likeness (QED) is 0.398. The average Bonchev–Trinajstić information content (AvgIpc) is 2.72. The van der Waals surface area contributed by atoms with Crippen molar-refractivity contribution in [3.05, 3.63) is 80.6 Å². The standard InChI is InChI=1S/C22H19ClN4O3S/c1-12-3-2-4-15(9-12)24-20(29)16-10-17(28)25-19-18(16)21(30)27-22(26-19)31-11-13-5-7-14(23)8-6-13/h2-9,16H,10-11H2,1H3,(H,24,29)(H2,25,26,27,28,30)/t16-/m0/s1. The van der Waals surface area contributed by atoms with Crippen molar-refractivity contribution >= 4 is 46.7 Å². The second kappa shape index (κ2) is 8.95. The first-order chi connectivity index (χ1) is 14.9. The van der Waals surface area contributed by atoms with Crippen LogP contribution in [0.4, 0.5) is 11.5 Å². The summed E-state index contributed by atoms with van der Waals surface area (Å²) < 4.78 is 0. The number of hydrogen-bond acceptors (Lipinski definition) is 5. The first kappa shape index (κ1) is 21.1. The molecule has 1 atom stereocenters. The largest absolute Gasteiger partial charge is 0.326 e. The van der Waals surface area contributed by atoms with Gasteiger partial charge in [0.2, 0.25) is 11.8 Å². The molecule has 2 aromatic carbocycles. The maximum Gasteiger partial charge on any atom is 0.257 e.